The molecular formula is C32H29Cl2N3O6S. The van der Waals surface area contributed by atoms with Gasteiger partial charge in [0.15, 0.2) is 4.80 Å². The van der Waals surface area contributed by atoms with Crippen molar-refractivity contribution in [1.29, 1.82) is 0 Å². The number of fused-ring (bicyclic) bond motifs is 1. The van der Waals surface area contributed by atoms with E-state index in [-0.39, 0.29) is 27.9 Å². The van der Waals surface area contributed by atoms with Gasteiger partial charge in [-0.15, -0.1) is 0 Å². The summed E-state index contributed by atoms with van der Waals surface area (Å²) in [6, 6.07) is 13.0. The third-order valence-corrected chi connectivity index (χ3v) is 8.81. The Morgan fingerprint density at radius 2 is 1.89 bits per heavy atom. The van der Waals surface area contributed by atoms with E-state index in [0.29, 0.717) is 50.0 Å². The highest BCUT2D eigenvalue weighted by molar-refractivity contribution is 7.07. The van der Waals surface area contributed by atoms with Gasteiger partial charge in [-0.1, -0.05) is 86.0 Å². The zero-order chi connectivity index (χ0) is 31.7. The highest BCUT2D eigenvalue weighted by atomic mass is 35.5. The summed E-state index contributed by atoms with van der Waals surface area (Å²) in [5.74, 6) is 0.494. The zero-order valence-corrected chi connectivity index (χ0v) is 26.8. The van der Waals surface area contributed by atoms with Crippen LogP contribution in [-0.2, 0) is 9.53 Å². The number of esters is 1. The molecule has 0 saturated heterocycles. The van der Waals surface area contributed by atoms with E-state index >= 15 is 0 Å². The van der Waals surface area contributed by atoms with Crippen molar-refractivity contribution in [1.82, 2.24) is 4.57 Å². The minimum Gasteiger partial charge on any atom is -0.463 e. The molecule has 4 aromatic rings. The van der Waals surface area contributed by atoms with Gasteiger partial charge < -0.3 is 9.15 Å². The highest BCUT2D eigenvalue weighted by Gasteiger charge is 2.34. The standard InChI is InChI=1S/C32H29Cl2N3O6S/c1-5-7-24-28(31(39)42-6-2)29(19-10-8-18(9-11-19)17(3)4)36-30(38)27(44-32(36)35-24)14-20-12-13-26(43-20)21-15-23(34)25(37(40)41)16-22(21)33/h8-17,29H,5-7H2,1-4H3/b27-14+. The molecule has 1 unspecified atom stereocenters. The van der Waals surface area contributed by atoms with Crippen LogP contribution >= 0.6 is 34.5 Å². The predicted octanol–water partition coefficient (Wildman–Crippen LogP) is 7.18. The van der Waals surface area contributed by atoms with Crippen LogP contribution in [0.25, 0.3) is 17.4 Å². The molecule has 3 heterocycles. The third-order valence-electron chi connectivity index (χ3n) is 7.21. The third kappa shape index (κ3) is 6.02. The molecule has 1 aliphatic rings. The Balaban J connectivity index is 1.64. The van der Waals surface area contributed by atoms with Crippen LogP contribution in [0.2, 0.25) is 10.0 Å². The summed E-state index contributed by atoms with van der Waals surface area (Å²) in [6.07, 6.45) is 2.89. The average molecular weight is 655 g/mol. The first-order chi connectivity index (χ1) is 21.0. The van der Waals surface area contributed by atoms with Crippen molar-refractivity contribution in [3.8, 4) is 11.3 Å². The molecule has 0 bridgehead atoms. The number of allylic oxidation sites excluding steroid dienone is 1. The van der Waals surface area contributed by atoms with E-state index < -0.39 is 16.9 Å². The van der Waals surface area contributed by atoms with Gasteiger partial charge in [-0.25, -0.2) is 9.79 Å². The zero-order valence-electron chi connectivity index (χ0n) is 24.4. The number of ether oxygens (including phenoxy) is 1. The molecule has 0 radical (unpaired) electrons. The second-order valence-electron chi connectivity index (χ2n) is 10.5. The SMILES string of the molecule is CCCC1=C(C(=O)OCC)C(c2ccc(C(C)C)cc2)n2c(s/c(=C/c3ccc(-c4cc(Cl)c([N+](=O)[O-])cc4Cl)o3)c2=O)=N1. The van der Waals surface area contributed by atoms with Gasteiger partial charge in [-0.05, 0) is 48.6 Å². The lowest BCUT2D eigenvalue weighted by molar-refractivity contribution is -0.384. The van der Waals surface area contributed by atoms with Gasteiger partial charge in [0.2, 0.25) is 0 Å². The summed E-state index contributed by atoms with van der Waals surface area (Å²) in [4.78, 5) is 43.2. The molecule has 2 aromatic heterocycles. The highest BCUT2D eigenvalue weighted by Crippen LogP contribution is 2.37. The number of halogens is 2. The average Bonchev–Trinajstić information content (AvgIpc) is 3.57. The molecule has 1 atom stereocenters. The number of benzene rings is 2. The van der Waals surface area contributed by atoms with Crippen LogP contribution in [0.4, 0.5) is 5.69 Å². The largest absolute Gasteiger partial charge is 0.463 e. The number of thiazole rings is 1. The van der Waals surface area contributed by atoms with Crippen LogP contribution in [0.15, 0.2) is 74.0 Å². The van der Waals surface area contributed by atoms with E-state index in [4.69, 9.17) is 37.3 Å². The Kier molecular flexibility index (Phi) is 9.24. The van der Waals surface area contributed by atoms with Gasteiger partial charge in [0.25, 0.3) is 11.2 Å². The maximum absolute atomic E-state index is 14.0. The Bertz CT molecular complexity index is 1970. The fraction of sp³-hybridized carbons (Fsp3) is 0.281. The Labute approximate surface area is 266 Å². The van der Waals surface area contributed by atoms with Gasteiger partial charge in [0.1, 0.15) is 16.5 Å². The van der Waals surface area contributed by atoms with Crippen LogP contribution in [0, 0.1) is 10.1 Å². The van der Waals surface area contributed by atoms with Crippen molar-refractivity contribution < 1.29 is 18.9 Å². The number of nitro groups is 1. The summed E-state index contributed by atoms with van der Waals surface area (Å²) >= 11 is 13.6. The van der Waals surface area contributed by atoms with Crippen LogP contribution in [0.5, 0.6) is 0 Å². The summed E-state index contributed by atoms with van der Waals surface area (Å²) in [5.41, 5.74) is 2.59. The fourth-order valence-corrected chi connectivity index (χ4v) is 6.55. The monoisotopic (exact) mass is 653 g/mol. The van der Waals surface area contributed by atoms with Gasteiger partial charge in [0.05, 0.1) is 38.4 Å². The van der Waals surface area contributed by atoms with E-state index in [0.717, 1.165) is 17.5 Å². The number of hydrogen-bond donors (Lipinski definition) is 0. The molecule has 1 aliphatic heterocycles. The lowest BCUT2D eigenvalue weighted by Gasteiger charge is -2.26. The molecule has 0 spiro atoms. The molecule has 0 fully saturated rings. The van der Waals surface area contributed by atoms with Crippen molar-refractivity contribution in [2.24, 2.45) is 4.99 Å². The van der Waals surface area contributed by atoms with Crippen LogP contribution in [0.3, 0.4) is 0 Å². The van der Waals surface area contributed by atoms with Gasteiger partial charge >= 0.3 is 5.97 Å². The topological polar surface area (TPSA) is 117 Å². The number of carbonyl (C=O) groups excluding carboxylic acids is 1. The first-order valence-electron chi connectivity index (χ1n) is 14.1. The van der Waals surface area contributed by atoms with Crippen molar-refractivity contribution in [3.63, 3.8) is 0 Å². The van der Waals surface area contributed by atoms with Crippen molar-refractivity contribution in [2.45, 2.75) is 52.5 Å². The van der Waals surface area contributed by atoms with Crippen molar-refractivity contribution in [3.05, 3.63) is 117 Å². The summed E-state index contributed by atoms with van der Waals surface area (Å²) in [5, 5.41) is 11.2. The van der Waals surface area contributed by atoms with E-state index in [1.165, 1.54) is 23.5 Å². The Morgan fingerprint density at radius 1 is 1.16 bits per heavy atom. The molecule has 0 aliphatic carbocycles. The number of aromatic nitrogens is 1. The maximum atomic E-state index is 14.0. The normalized spacial score (nSPS) is 15.0. The molecule has 12 heteroatoms. The smallest absolute Gasteiger partial charge is 0.338 e. The van der Waals surface area contributed by atoms with Gasteiger partial charge in [0, 0.05) is 17.7 Å². The molecule has 0 amide bonds. The van der Waals surface area contributed by atoms with Crippen LogP contribution in [0.1, 0.15) is 69.4 Å². The quantitative estimate of drug-likeness (QED) is 0.107. The Morgan fingerprint density at radius 3 is 2.52 bits per heavy atom. The minimum atomic E-state index is -0.719. The van der Waals surface area contributed by atoms with E-state index in [1.54, 1.807) is 29.7 Å². The number of carbonyl (C=O) groups is 1. The number of hydrogen-bond acceptors (Lipinski definition) is 8. The van der Waals surface area contributed by atoms with Gasteiger partial charge in [-0.3, -0.25) is 19.5 Å². The van der Waals surface area contributed by atoms with Crippen LogP contribution in [-0.4, -0.2) is 22.1 Å². The van der Waals surface area contributed by atoms with E-state index in [9.17, 15) is 19.7 Å². The lowest BCUT2D eigenvalue weighted by Crippen LogP contribution is -2.40. The molecule has 9 nitrogen and oxygen atoms in total. The molecule has 44 heavy (non-hydrogen) atoms. The van der Waals surface area contributed by atoms with E-state index in [1.807, 2.05) is 31.2 Å². The molecule has 0 saturated carbocycles. The molecule has 228 valence electrons. The maximum Gasteiger partial charge on any atom is 0.338 e. The first kappa shape index (κ1) is 31.4. The van der Waals surface area contributed by atoms with Gasteiger partial charge in [-0.2, -0.15) is 0 Å². The second-order valence-corrected chi connectivity index (χ2v) is 12.3. The summed E-state index contributed by atoms with van der Waals surface area (Å²) < 4.78 is 13.3. The van der Waals surface area contributed by atoms with Crippen molar-refractivity contribution in [2.75, 3.05) is 6.61 Å². The van der Waals surface area contributed by atoms with Crippen molar-refractivity contribution >= 4 is 52.3 Å². The molecular weight excluding hydrogens is 625 g/mol. The fourth-order valence-electron chi connectivity index (χ4n) is 5.07. The summed E-state index contributed by atoms with van der Waals surface area (Å²) in [7, 11) is 0. The number of nitro benzene ring substituents is 1. The number of furan rings is 1. The second kappa shape index (κ2) is 12.9. The predicted molar refractivity (Wildman–Crippen MR) is 171 cm³/mol. The minimum absolute atomic E-state index is 0.0811. The molecule has 2 aromatic carbocycles. The Hall–Kier alpha value is -3.99. The lowest BCUT2D eigenvalue weighted by atomic mass is 9.92. The number of rotatable bonds is 9. The van der Waals surface area contributed by atoms with Crippen LogP contribution < -0.4 is 14.9 Å². The molecule has 5 rings (SSSR count). The summed E-state index contributed by atoms with van der Waals surface area (Å²) in [6.45, 7) is 8.15. The number of nitrogens with zero attached hydrogens (tertiary/aromatic N) is 3. The first-order valence-corrected chi connectivity index (χ1v) is 15.7. The van der Waals surface area contributed by atoms with E-state index in [2.05, 4.69) is 13.8 Å². The molecule has 0 N–H and O–H groups in total.